The lowest BCUT2D eigenvalue weighted by molar-refractivity contribution is 0.0698. The summed E-state index contributed by atoms with van der Waals surface area (Å²) in [5, 5.41) is 6.77. The van der Waals surface area contributed by atoms with Crippen molar-refractivity contribution < 1.29 is 14.2 Å². The van der Waals surface area contributed by atoms with Crippen LogP contribution in [0.2, 0.25) is 0 Å². The zero-order chi connectivity index (χ0) is 16.1. The maximum atomic E-state index is 5.47. The molecule has 1 aliphatic rings. The zero-order valence-electron chi connectivity index (χ0n) is 14.2. The number of aliphatic imine (C=N–C) groups is 1. The van der Waals surface area contributed by atoms with Crippen molar-refractivity contribution in [3.63, 3.8) is 0 Å². The molecule has 1 rings (SSSR count). The quantitative estimate of drug-likeness (QED) is 0.355. The molecule has 0 saturated carbocycles. The van der Waals surface area contributed by atoms with Gasteiger partial charge in [-0.3, -0.25) is 4.99 Å². The van der Waals surface area contributed by atoms with Crippen LogP contribution in [0.25, 0.3) is 0 Å². The summed E-state index contributed by atoms with van der Waals surface area (Å²) < 4.78 is 16.1. The van der Waals surface area contributed by atoms with Crippen LogP contribution in [-0.2, 0) is 14.2 Å². The van der Waals surface area contributed by atoms with E-state index in [1.165, 1.54) is 0 Å². The van der Waals surface area contributed by atoms with Crippen molar-refractivity contribution in [2.45, 2.75) is 24.0 Å². The molecule has 0 atom stereocenters. The topological polar surface area (TPSA) is 64.1 Å². The first-order chi connectivity index (χ1) is 10.8. The van der Waals surface area contributed by atoms with Crippen LogP contribution in [-0.4, -0.2) is 77.2 Å². The zero-order valence-corrected chi connectivity index (χ0v) is 15.0. The summed E-state index contributed by atoms with van der Waals surface area (Å²) in [7, 11) is 3.49. The van der Waals surface area contributed by atoms with Gasteiger partial charge in [-0.25, -0.2) is 0 Å². The van der Waals surface area contributed by atoms with Crippen LogP contribution in [0, 0.1) is 0 Å². The summed E-state index contributed by atoms with van der Waals surface area (Å²) in [4.78, 5) is 4.28. The van der Waals surface area contributed by atoms with Crippen LogP contribution in [0.3, 0.4) is 0 Å². The molecule has 6 nitrogen and oxygen atoms in total. The van der Waals surface area contributed by atoms with E-state index >= 15 is 0 Å². The molecule has 1 aliphatic heterocycles. The SMILES string of the molecule is CN=C(NCCCOCCOC)NCC1(SC)CCOCC1. The molecule has 0 aromatic carbocycles. The number of guanidine groups is 1. The van der Waals surface area contributed by atoms with Gasteiger partial charge in [0.15, 0.2) is 5.96 Å². The normalized spacial score (nSPS) is 18.2. The molecule has 2 N–H and O–H groups in total. The lowest BCUT2D eigenvalue weighted by atomic mass is 9.99. The molecule has 7 heteroatoms. The molecule has 1 saturated heterocycles. The maximum absolute atomic E-state index is 5.47. The number of nitrogens with zero attached hydrogens (tertiary/aromatic N) is 1. The maximum Gasteiger partial charge on any atom is 0.191 e. The molecule has 0 bridgehead atoms. The van der Waals surface area contributed by atoms with E-state index in [1.807, 2.05) is 11.8 Å². The Morgan fingerprint density at radius 2 is 2.00 bits per heavy atom. The Labute approximate surface area is 138 Å². The molecule has 0 spiro atoms. The average molecular weight is 333 g/mol. The van der Waals surface area contributed by atoms with E-state index in [2.05, 4.69) is 21.9 Å². The fourth-order valence-corrected chi connectivity index (χ4v) is 3.08. The van der Waals surface area contributed by atoms with E-state index in [0.29, 0.717) is 13.2 Å². The van der Waals surface area contributed by atoms with Crippen molar-refractivity contribution >= 4 is 17.7 Å². The highest BCUT2D eigenvalue weighted by Gasteiger charge is 2.31. The number of ether oxygens (including phenoxy) is 3. The van der Waals surface area contributed by atoms with E-state index in [9.17, 15) is 0 Å². The van der Waals surface area contributed by atoms with Gasteiger partial charge in [-0.15, -0.1) is 0 Å². The first-order valence-corrected chi connectivity index (χ1v) is 9.13. The molecule has 0 unspecified atom stereocenters. The van der Waals surface area contributed by atoms with E-state index in [0.717, 1.165) is 58.1 Å². The molecule has 1 heterocycles. The van der Waals surface area contributed by atoms with Crippen LogP contribution in [0.15, 0.2) is 4.99 Å². The molecule has 0 amide bonds. The van der Waals surface area contributed by atoms with E-state index in [-0.39, 0.29) is 4.75 Å². The lowest BCUT2D eigenvalue weighted by Crippen LogP contribution is -2.48. The summed E-state index contributed by atoms with van der Waals surface area (Å²) in [6.45, 7) is 5.52. The van der Waals surface area contributed by atoms with Crippen molar-refractivity contribution in [3.05, 3.63) is 0 Å². The van der Waals surface area contributed by atoms with Gasteiger partial charge >= 0.3 is 0 Å². The highest BCUT2D eigenvalue weighted by Crippen LogP contribution is 2.32. The van der Waals surface area contributed by atoms with Crippen molar-refractivity contribution in [3.8, 4) is 0 Å². The minimum Gasteiger partial charge on any atom is -0.382 e. The lowest BCUT2D eigenvalue weighted by Gasteiger charge is -2.36. The minimum absolute atomic E-state index is 0.263. The smallest absolute Gasteiger partial charge is 0.191 e. The highest BCUT2D eigenvalue weighted by atomic mass is 32.2. The van der Waals surface area contributed by atoms with Crippen LogP contribution in [0.5, 0.6) is 0 Å². The van der Waals surface area contributed by atoms with E-state index in [4.69, 9.17) is 14.2 Å². The van der Waals surface area contributed by atoms with Crippen molar-refractivity contribution in [1.29, 1.82) is 0 Å². The Balaban J connectivity index is 2.16. The Kier molecular flexibility index (Phi) is 10.7. The molecule has 1 fully saturated rings. The van der Waals surface area contributed by atoms with Crippen molar-refractivity contribution in [2.24, 2.45) is 4.99 Å². The largest absolute Gasteiger partial charge is 0.382 e. The van der Waals surface area contributed by atoms with Crippen molar-refractivity contribution in [2.75, 3.05) is 66.5 Å². The summed E-state index contributed by atoms with van der Waals surface area (Å²) in [5.41, 5.74) is 0. The first kappa shape index (κ1) is 19.5. The Morgan fingerprint density at radius 3 is 2.64 bits per heavy atom. The molecule has 0 aromatic rings. The first-order valence-electron chi connectivity index (χ1n) is 7.90. The summed E-state index contributed by atoms with van der Waals surface area (Å²) >= 11 is 1.93. The number of methoxy groups -OCH3 is 1. The number of hydrogen-bond donors (Lipinski definition) is 2. The summed E-state index contributed by atoms with van der Waals surface area (Å²) in [6.07, 6.45) is 5.31. The van der Waals surface area contributed by atoms with Gasteiger partial charge < -0.3 is 24.8 Å². The fourth-order valence-electron chi connectivity index (χ4n) is 2.29. The monoisotopic (exact) mass is 333 g/mol. The number of hydrogen-bond acceptors (Lipinski definition) is 5. The second-order valence-corrected chi connectivity index (χ2v) is 6.59. The van der Waals surface area contributed by atoms with Crippen LogP contribution in [0.4, 0.5) is 0 Å². The Hall–Kier alpha value is -0.500. The van der Waals surface area contributed by atoms with Gasteiger partial charge in [0, 0.05) is 51.8 Å². The molecule has 0 aromatic heterocycles. The Morgan fingerprint density at radius 1 is 1.23 bits per heavy atom. The van der Waals surface area contributed by atoms with Gasteiger partial charge in [0.25, 0.3) is 0 Å². The minimum atomic E-state index is 0.263. The third-order valence-corrected chi connectivity index (χ3v) is 5.25. The second kappa shape index (κ2) is 12.0. The highest BCUT2D eigenvalue weighted by molar-refractivity contribution is 8.00. The molecule has 0 aliphatic carbocycles. The van der Waals surface area contributed by atoms with Gasteiger partial charge in [0.05, 0.1) is 13.2 Å². The van der Waals surface area contributed by atoms with Gasteiger partial charge in [-0.1, -0.05) is 0 Å². The van der Waals surface area contributed by atoms with E-state index in [1.54, 1.807) is 14.2 Å². The van der Waals surface area contributed by atoms with Gasteiger partial charge in [0.1, 0.15) is 0 Å². The molecule has 130 valence electrons. The molecular formula is C15H31N3O3S. The standard InChI is InChI=1S/C15H31N3O3S/c1-16-14(17-7-4-8-20-12-11-19-2)18-13-15(22-3)5-9-21-10-6-15/h4-13H2,1-3H3,(H2,16,17,18). The third-order valence-electron chi connectivity index (χ3n) is 3.83. The van der Waals surface area contributed by atoms with E-state index < -0.39 is 0 Å². The number of thioether (sulfide) groups is 1. The summed E-state index contributed by atoms with van der Waals surface area (Å²) in [5.74, 6) is 0.858. The van der Waals surface area contributed by atoms with Gasteiger partial charge in [-0.2, -0.15) is 11.8 Å². The van der Waals surface area contributed by atoms with Crippen LogP contribution < -0.4 is 10.6 Å². The van der Waals surface area contributed by atoms with Crippen LogP contribution >= 0.6 is 11.8 Å². The molecule has 0 radical (unpaired) electrons. The average Bonchev–Trinajstić information content (AvgIpc) is 2.57. The number of nitrogens with one attached hydrogen (secondary N) is 2. The molecular weight excluding hydrogens is 302 g/mol. The fraction of sp³-hybridized carbons (Fsp3) is 0.933. The second-order valence-electron chi connectivity index (χ2n) is 5.31. The predicted molar refractivity (Wildman–Crippen MR) is 93.0 cm³/mol. The third kappa shape index (κ3) is 7.67. The summed E-state index contributed by atoms with van der Waals surface area (Å²) in [6, 6.07) is 0. The van der Waals surface area contributed by atoms with Gasteiger partial charge in [-0.05, 0) is 25.5 Å². The molecule has 22 heavy (non-hydrogen) atoms. The predicted octanol–water partition coefficient (Wildman–Crippen LogP) is 1.12. The van der Waals surface area contributed by atoms with Gasteiger partial charge in [0.2, 0.25) is 0 Å². The van der Waals surface area contributed by atoms with Crippen LogP contribution in [0.1, 0.15) is 19.3 Å². The van der Waals surface area contributed by atoms with Crippen molar-refractivity contribution in [1.82, 2.24) is 10.6 Å². The Bertz CT molecular complexity index is 310. The number of rotatable bonds is 10.